The molecule has 0 radical (unpaired) electrons. The Balaban J connectivity index is 1.68. The Morgan fingerprint density at radius 3 is 2.69 bits per heavy atom. The quantitative estimate of drug-likeness (QED) is 0.585. The lowest BCUT2D eigenvalue weighted by Gasteiger charge is -2.25. The number of ether oxygens (including phenoxy) is 1. The van der Waals surface area contributed by atoms with Gasteiger partial charge < -0.3 is 10.1 Å². The van der Waals surface area contributed by atoms with Gasteiger partial charge in [-0.15, -0.1) is 0 Å². The van der Waals surface area contributed by atoms with E-state index in [1.807, 2.05) is 0 Å². The van der Waals surface area contributed by atoms with Gasteiger partial charge in [0.2, 0.25) is 0 Å². The molecule has 0 saturated heterocycles. The summed E-state index contributed by atoms with van der Waals surface area (Å²) in [5.41, 5.74) is 0. The van der Waals surface area contributed by atoms with Crippen molar-refractivity contribution in [1.29, 1.82) is 0 Å². The highest BCUT2D eigenvalue weighted by Gasteiger charge is 2.15. The number of methoxy groups -OCH3 is 1. The molecule has 0 heterocycles. The van der Waals surface area contributed by atoms with Gasteiger partial charge in [0, 0.05) is 13.7 Å². The second-order valence-electron chi connectivity index (χ2n) is 4.05. The summed E-state index contributed by atoms with van der Waals surface area (Å²) in [4.78, 5) is 0. The fourth-order valence-electron chi connectivity index (χ4n) is 1.68. The zero-order chi connectivity index (χ0) is 9.36. The summed E-state index contributed by atoms with van der Waals surface area (Å²) in [6.45, 7) is 3.37. The largest absolute Gasteiger partial charge is 0.385 e. The van der Waals surface area contributed by atoms with Crippen LogP contribution in [0.5, 0.6) is 0 Å². The number of hydrogen-bond acceptors (Lipinski definition) is 2. The molecule has 0 atom stereocenters. The fourth-order valence-corrected chi connectivity index (χ4v) is 1.68. The van der Waals surface area contributed by atoms with Crippen molar-refractivity contribution in [3.63, 3.8) is 0 Å². The van der Waals surface area contributed by atoms with Gasteiger partial charge in [0.25, 0.3) is 0 Å². The third kappa shape index (κ3) is 5.27. The minimum atomic E-state index is 0.919. The predicted molar refractivity (Wildman–Crippen MR) is 55.9 cm³/mol. The highest BCUT2D eigenvalue weighted by Crippen LogP contribution is 2.24. The van der Waals surface area contributed by atoms with Crippen LogP contribution in [0.3, 0.4) is 0 Å². The molecule has 13 heavy (non-hydrogen) atoms. The first-order valence-electron chi connectivity index (χ1n) is 5.63. The maximum atomic E-state index is 4.99. The normalized spacial score (nSPS) is 17.3. The van der Waals surface area contributed by atoms with E-state index in [4.69, 9.17) is 4.74 Å². The molecule has 0 amide bonds. The topological polar surface area (TPSA) is 21.3 Å². The number of rotatable bonds is 8. The van der Waals surface area contributed by atoms with Gasteiger partial charge in [0.15, 0.2) is 0 Å². The zero-order valence-corrected chi connectivity index (χ0v) is 8.85. The molecule has 0 aromatic heterocycles. The van der Waals surface area contributed by atoms with E-state index >= 15 is 0 Å². The van der Waals surface area contributed by atoms with Crippen LogP contribution in [0.15, 0.2) is 0 Å². The monoisotopic (exact) mass is 185 g/mol. The molecule has 1 N–H and O–H groups in total. The zero-order valence-electron chi connectivity index (χ0n) is 8.85. The lowest BCUT2D eigenvalue weighted by molar-refractivity contribution is 0.192. The van der Waals surface area contributed by atoms with E-state index < -0.39 is 0 Å². The number of nitrogens with one attached hydrogen (secondary N) is 1. The van der Waals surface area contributed by atoms with E-state index in [9.17, 15) is 0 Å². The van der Waals surface area contributed by atoms with Crippen LogP contribution in [0.25, 0.3) is 0 Å². The summed E-state index contributed by atoms with van der Waals surface area (Å²) < 4.78 is 4.99. The Morgan fingerprint density at radius 2 is 2.08 bits per heavy atom. The summed E-state index contributed by atoms with van der Waals surface area (Å²) in [5.74, 6) is 0.999. The number of hydrogen-bond donors (Lipinski definition) is 1. The lowest BCUT2D eigenvalue weighted by atomic mass is 9.85. The average molecular weight is 185 g/mol. The first kappa shape index (κ1) is 11.0. The van der Waals surface area contributed by atoms with E-state index in [0.717, 1.165) is 12.5 Å². The van der Waals surface area contributed by atoms with Crippen molar-refractivity contribution in [2.24, 2.45) is 5.92 Å². The third-order valence-corrected chi connectivity index (χ3v) is 2.86. The molecule has 2 heteroatoms. The highest BCUT2D eigenvalue weighted by molar-refractivity contribution is 4.71. The van der Waals surface area contributed by atoms with Gasteiger partial charge in [-0.25, -0.2) is 0 Å². The van der Waals surface area contributed by atoms with Gasteiger partial charge in [0.05, 0.1) is 0 Å². The molecule has 1 aliphatic carbocycles. The summed E-state index contributed by atoms with van der Waals surface area (Å²) in [5, 5.41) is 3.52. The molecule has 0 aromatic carbocycles. The minimum absolute atomic E-state index is 0.919. The van der Waals surface area contributed by atoms with Crippen molar-refractivity contribution >= 4 is 0 Å². The Morgan fingerprint density at radius 1 is 1.23 bits per heavy atom. The average Bonchev–Trinajstić information content (AvgIpc) is 2.07. The fraction of sp³-hybridized carbons (Fsp3) is 1.00. The molecule has 0 bridgehead atoms. The van der Waals surface area contributed by atoms with Gasteiger partial charge in [-0.05, 0) is 51.1 Å². The molecule has 0 aliphatic heterocycles. The van der Waals surface area contributed by atoms with E-state index in [-0.39, 0.29) is 0 Å². The molecule has 0 unspecified atom stereocenters. The van der Waals surface area contributed by atoms with Crippen LogP contribution in [0.4, 0.5) is 0 Å². The first-order valence-corrected chi connectivity index (χ1v) is 5.63. The minimum Gasteiger partial charge on any atom is -0.385 e. The smallest absolute Gasteiger partial charge is 0.0462 e. The summed E-state index contributed by atoms with van der Waals surface area (Å²) >= 11 is 0. The second kappa shape index (κ2) is 7.34. The molecular weight excluding hydrogens is 162 g/mol. The van der Waals surface area contributed by atoms with Gasteiger partial charge in [-0.2, -0.15) is 0 Å². The molecule has 0 aromatic rings. The molecular formula is C11H23NO. The van der Waals surface area contributed by atoms with Crippen molar-refractivity contribution < 1.29 is 4.74 Å². The van der Waals surface area contributed by atoms with Crippen molar-refractivity contribution in [3.8, 4) is 0 Å². The molecule has 1 saturated carbocycles. The molecule has 1 aliphatic rings. The molecule has 1 rings (SSSR count). The van der Waals surface area contributed by atoms with E-state index in [2.05, 4.69) is 5.32 Å². The molecule has 2 nitrogen and oxygen atoms in total. The van der Waals surface area contributed by atoms with Gasteiger partial charge in [0.1, 0.15) is 0 Å². The lowest BCUT2D eigenvalue weighted by Crippen LogP contribution is -2.27. The second-order valence-corrected chi connectivity index (χ2v) is 4.05. The summed E-state index contributed by atoms with van der Waals surface area (Å²) in [6, 6.07) is 0. The van der Waals surface area contributed by atoms with Gasteiger partial charge in [-0.1, -0.05) is 6.42 Å². The van der Waals surface area contributed by atoms with Crippen LogP contribution < -0.4 is 5.32 Å². The third-order valence-electron chi connectivity index (χ3n) is 2.86. The van der Waals surface area contributed by atoms with Crippen molar-refractivity contribution in [3.05, 3.63) is 0 Å². The molecule has 78 valence electrons. The Hall–Kier alpha value is -0.0800. The first-order chi connectivity index (χ1) is 6.43. The van der Waals surface area contributed by atoms with Crippen molar-refractivity contribution in [2.45, 2.75) is 38.5 Å². The van der Waals surface area contributed by atoms with Crippen LogP contribution in [0.1, 0.15) is 38.5 Å². The van der Waals surface area contributed by atoms with Gasteiger partial charge in [-0.3, -0.25) is 0 Å². The van der Waals surface area contributed by atoms with Crippen LogP contribution in [0, 0.1) is 5.92 Å². The maximum absolute atomic E-state index is 4.99. The standard InChI is InChI=1S/C11H23NO/c1-13-9-4-2-3-8-12-10-11-6-5-7-11/h11-12H,2-10H2,1H3. The van der Waals surface area contributed by atoms with Crippen LogP contribution in [-0.4, -0.2) is 26.8 Å². The summed E-state index contributed by atoms with van der Waals surface area (Å²) in [6.07, 6.45) is 8.18. The van der Waals surface area contributed by atoms with E-state index in [1.165, 1.54) is 51.6 Å². The van der Waals surface area contributed by atoms with Crippen LogP contribution in [-0.2, 0) is 4.74 Å². The SMILES string of the molecule is COCCCCCNCC1CCC1. The Kier molecular flexibility index (Phi) is 6.21. The number of unbranched alkanes of at least 4 members (excludes halogenated alkanes) is 2. The van der Waals surface area contributed by atoms with Crippen molar-refractivity contribution in [2.75, 3.05) is 26.8 Å². The van der Waals surface area contributed by atoms with Crippen LogP contribution >= 0.6 is 0 Å². The summed E-state index contributed by atoms with van der Waals surface area (Å²) in [7, 11) is 1.77. The van der Waals surface area contributed by atoms with E-state index in [1.54, 1.807) is 7.11 Å². The molecule has 0 spiro atoms. The Bertz CT molecular complexity index is 113. The highest BCUT2D eigenvalue weighted by atomic mass is 16.5. The predicted octanol–water partition coefficient (Wildman–Crippen LogP) is 2.19. The Labute approximate surface area is 82.0 Å². The molecule has 1 fully saturated rings. The van der Waals surface area contributed by atoms with E-state index in [0.29, 0.717) is 0 Å². The maximum Gasteiger partial charge on any atom is 0.0462 e. The van der Waals surface area contributed by atoms with Gasteiger partial charge >= 0.3 is 0 Å². The van der Waals surface area contributed by atoms with Crippen LogP contribution in [0.2, 0.25) is 0 Å². The van der Waals surface area contributed by atoms with Crippen molar-refractivity contribution in [1.82, 2.24) is 5.32 Å².